The summed E-state index contributed by atoms with van der Waals surface area (Å²) in [5.74, 6) is -1.31. The minimum absolute atomic E-state index is 0.00420. The number of fused-ring (bicyclic) bond motifs is 5. The van der Waals surface area contributed by atoms with E-state index in [1.807, 2.05) is 74.5 Å². The lowest BCUT2D eigenvalue weighted by atomic mass is 9.90. The molecule has 62 heavy (non-hydrogen) atoms. The Morgan fingerprint density at radius 2 is 1.81 bits per heavy atom. The number of rotatable bonds is 10. The van der Waals surface area contributed by atoms with Gasteiger partial charge in [-0.25, -0.2) is 17.8 Å². The number of furan rings is 1. The Bertz CT molecular complexity index is 2660. The maximum atomic E-state index is 14.9. The summed E-state index contributed by atoms with van der Waals surface area (Å²) in [4.78, 5) is 55.1. The second-order valence-corrected chi connectivity index (χ2v) is 19.6. The zero-order valence-electron chi connectivity index (χ0n) is 34.9. The first-order valence-electron chi connectivity index (χ1n) is 21.8. The first kappa shape index (κ1) is 41.7. The quantitative estimate of drug-likeness (QED) is 0.136. The number of halogens is 1. The van der Waals surface area contributed by atoms with Crippen LogP contribution >= 0.6 is 0 Å². The van der Waals surface area contributed by atoms with E-state index in [1.54, 1.807) is 17.0 Å². The summed E-state index contributed by atoms with van der Waals surface area (Å²) >= 11 is 0. The standard InChI is InChI=1S/C48H51FN4O8S/c1-29(2)59-35-19-17-31(18-20-35)44-50-42-38-15-8-9-16-41(38)61-43(42)45(51-44)60-36-25-39-40(54)27-48(47(56)52-62(57,58)37-21-22-37)26-33(48)13-7-5-3-4-6-12-32(46(55)53(39)28-36)23-30-11-10-14-34(49)24-30/h7-11,13-20,24,29,32-33,36-37,39H,3-6,12,21-23,25-28H2,1-2H3,(H,52,56)/b13-7-/t32-,33-,36-,39+,48-/m1/s1. The molecule has 1 N–H and O–H groups in total. The van der Waals surface area contributed by atoms with Crippen molar-refractivity contribution in [3.05, 3.63) is 96.3 Å². The van der Waals surface area contributed by atoms with Crippen molar-refractivity contribution < 1.29 is 41.1 Å². The van der Waals surface area contributed by atoms with Gasteiger partial charge in [0.2, 0.25) is 27.4 Å². The number of Topliss-reactive ketones (excluding diaryl/α,β-unsaturated/α-hetero) is 1. The number of aromatic nitrogens is 2. The summed E-state index contributed by atoms with van der Waals surface area (Å²) in [6.45, 7) is 3.95. The molecule has 0 unspecified atom stereocenters. The zero-order chi connectivity index (χ0) is 43.2. The minimum Gasteiger partial charge on any atom is -0.491 e. The van der Waals surface area contributed by atoms with Crippen LogP contribution in [0.15, 0.2) is 89.4 Å². The lowest BCUT2D eigenvalue weighted by molar-refractivity contribution is -0.142. The van der Waals surface area contributed by atoms with Gasteiger partial charge in [-0.2, -0.15) is 4.98 Å². The molecule has 2 aliphatic heterocycles. The number of nitrogens with one attached hydrogen (secondary N) is 1. The van der Waals surface area contributed by atoms with Crippen molar-refractivity contribution in [3.8, 4) is 23.0 Å². The van der Waals surface area contributed by atoms with E-state index in [-0.39, 0.29) is 55.4 Å². The second-order valence-electron chi connectivity index (χ2n) is 17.7. The molecule has 4 heterocycles. The normalized spacial score (nSPS) is 25.2. The third-order valence-corrected chi connectivity index (χ3v) is 14.5. The molecule has 2 amide bonds. The molecule has 3 aromatic carbocycles. The fourth-order valence-electron chi connectivity index (χ4n) is 9.16. The van der Waals surface area contributed by atoms with Gasteiger partial charge in [0.05, 0.1) is 29.4 Å². The van der Waals surface area contributed by atoms with Crippen molar-refractivity contribution in [1.82, 2.24) is 19.6 Å². The maximum Gasteiger partial charge on any atom is 0.262 e. The van der Waals surface area contributed by atoms with Gasteiger partial charge in [-0.1, -0.05) is 49.3 Å². The van der Waals surface area contributed by atoms with Crippen LogP contribution in [0.25, 0.3) is 33.5 Å². The second kappa shape index (κ2) is 16.9. The van der Waals surface area contributed by atoms with Crippen molar-refractivity contribution >= 4 is 49.7 Å². The Morgan fingerprint density at radius 3 is 2.58 bits per heavy atom. The molecule has 324 valence electrons. The third kappa shape index (κ3) is 8.71. The van der Waals surface area contributed by atoms with E-state index in [9.17, 15) is 27.2 Å². The van der Waals surface area contributed by atoms with E-state index in [4.69, 9.17) is 23.9 Å². The summed E-state index contributed by atoms with van der Waals surface area (Å²) in [6, 6.07) is 20.2. The SMILES string of the molecule is CC(C)Oc1ccc(-c2nc(O[C@@H]3C[C@H]4C(=O)C[C@]5(C(=O)NS(=O)(=O)C6CC6)C[C@H]5/C=C\CCCCC[C@H](Cc5cccc(F)c5)C(=O)N4C3)c3oc4ccccc4c3n2)cc1. The van der Waals surface area contributed by atoms with Crippen LogP contribution in [-0.2, 0) is 30.8 Å². The zero-order valence-corrected chi connectivity index (χ0v) is 35.7. The van der Waals surface area contributed by atoms with Crippen LogP contribution in [0.1, 0.15) is 83.6 Å². The van der Waals surface area contributed by atoms with Crippen molar-refractivity contribution in [2.24, 2.45) is 17.3 Å². The van der Waals surface area contributed by atoms with Gasteiger partial charge < -0.3 is 18.8 Å². The molecule has 2 aliphatic carbocycles. The van der Waals surface area contributed by atoms with Gasteiger partial charge in [0.15, 0.2) is 11.6 Å². The molecule has 12 nitrogen and oxygen atoms in total. The van der Waals surface area contributed by atoms with Crippen molar-refractivity contribution in [2.45, 2.75) is 108 Å². The highest BCUT2D eigenvalue weighted by atomic mass is 32.2. The largest absolute Gasteiger partial charge is 0.491 e. The number of carbonyl (C=O) groups is 3. The number of benzene rings is 3. The fraction of sp³-hybridized carbons (Fsp3) is 0.438. The lowest BCUT2D eigenvalue weighted by Gasteiger charge is -2.29. The van der Waals surface area contributed by atoms with Crippen LogP contribution < -0.4 is 14.2 Å². The molecule has 0 radical (unpaired) electrons. The Kier molecular flexibility index (Phi) is 11.4. The number of para-hydroxylation sites is 1. The number of sulfonamides is 1. The monoisotopic (exact) mass is 862 g/mol. The molecular formula is C48H51FN4O8S. The molecule has 5 aromatic rings. The predicted molar refractivity (Wildman–Crippen MR) is 231 cm³/mol. The molecule has 0 bridgehead atoms. The van der Waals surface area contributed by atoms with Gasteiger partial charge in [0.1, 0.15) is 28.8 Å². The number of hydrogen-bond donors (Lipinski definition) is 1. The maximum absolute atomic E-state index is 14.9. The van der Waals surface area contributed by atoms with Gasteiger partial charge >= 0.3 is 0 Å². The van der Waals surface area contributed by atoms with Crippen LogP contribution in [0, 0.1) is 23.1 Å². The van der Waals surface area contributed by atoms with Crippen LogP contribution in [0.5, 0.6) is 11.6 Å². The highest BCUT2D eigenvalue weighted by Gasteiger charge is 2.61. The summed E-state index contributed by atoms with van der Waals surface area (Å²) < 4.78 is 61.7. The smallest absolute Gasteiger partial charge is 0.262 e. The first-order valence-corrected chi connectivity index (χ1v) is 23.3. The Morgan fingerprint density at radius 1 is 1.00 bits per heavy atom. The number of ether oxygens (including phenoxy) is 2. The number of nitrogens with zero attached hydrogens (tertiary/aromatic N) is 3. The van der Waals surface area contributed by atoms with E-state index in [1.165, 1.54) is 12.1 Å². The number of carbonyl (C=O) groups excluding carboxylic acids is 3. The van der Waals surface area contributed by atoms with Gasteiger partial charge in [-0.05, 0) is 119 Å². The molecule has 2 saturated carbocycles. The number of amides is 2. The first-order chi connectivity index (χ1) is 29.9. The predicted octanol–water partition coefficient (Wildman–Crippen LogP) is 8.27. The molecule has 0 spiro atoms. The minimum atomic E-state index is -3.87. The molecule has 4 aliphatic rings. The van der Waals surface area contributed by atoms with E-state index >= 15 is 0 Å². The van der Waals surface area contributed by atoms with Crippen LogP contribution in [-0.4, -0.2) is 70.9 Å². The molecule has 3 fully saturated rings. The van der Waals surface area contributed by atoms with Crippen LogP contribution in [0.3, 0.4) is 0 Å². The van der Waals surface area contributed by atoms with Crippen molar-refractivity contribution in [1.29, 1.82) is 0 Å². The van der Waals surface area contributed by atoms with E-state index in [0.29, 0.717) is 65.1 Å². The Labute approximate surface area is 360 Å². The Hall–Kier alpha value is -5.63. The van der Waals surface area contributed by atoms with Crippen molar-refractivity contribution in [2.75, 3.05) is 6.54 Å². The average Bonchev–Trinajstić information content (AvgIpc) is 4.14. The van der Waals surface area contributed by atoms with Crippen LogP contribution in [0.4, 0.5) is 4.39 Å². The molecule has 5 atom stereocenters. The summed E-state index contributed by atoms with van der Waals surface area (Å²) in [6.07, 6.45) is 8.40. The van der Waals surface area contributed by atoms with Gasteiger partial charge in [0.25, 0.3) is 5.88 Å². The molecule has 9 rings (SSSR count). The number of ketones is 1. The topological polar surface area (TPSA) is 158 Å². The van der Waals surface area contributed by atoms with E-state index in [2.05, 4.69) is 4.72 Å². The van der Waals surface area contributed by atoms with E-state index in [0.717, 1.165) is 31.1 Å². The van der Waals surface area contributed by atoms with Crippen LogP contribution in [0.2, 0.25) is 0 Å². The molecule has 14 heteroatoms. The number of hydrogen-bond acceptors (Lipinski definition) is 10. The highest BCUT2D eigenvalue weighted by Crippen LogP contribution is 2.57. The highest BCUT2D eigenvalue weighted by molar-refractivity contribution is 7.90. The van der Waals surface area contributed by atoms with Gasteiger partial charge in [-0.15, -0.1) is 0 Å². The van der Waals surface area contributed by atoms with Crippen molar-refractivity contribution in [3.63, 3.8) is 0 Å². The summed E-state index contributed by atoms with van der Waals surface area (Å²) in [7, 11) is -3.87. The molecule has 1 saturated heterocycles. The average molecular weight is 863 g/mol. The van der Waals surface area contributed by atoms with Gasteiger partial charge in [0, 0.05) is 29.7 Å². The fourth-order valence-corrected chi connectivity index (χ4v) is 10.5. The Balaban J connectivity index is 1.07. The van der Waals surface area contributed by atoms with E-state index < -0.39 is 50.5 Å². The molecular weight excluding hydrogens is 812 g/mol. The summed E-state index contributed by atoms with van der Waals surface area (Å²) in [5, 5.41) is 0.156. The lowest BCUT2D eigenvalue weighted by Crippen LogP contribution is -2.46. The molecule has 2 aromatic heterocycles. The van der Waals surface area contributed by atoms with Gasteiger partial charge in [-0.3, -0.25) is 19.1 Å². The summed E-state index contributed by atoms with van der Waals surface area (Å²) in [5.41, 5.74) is 1.58. The number of allylic oxidation sites excluding steroid dienone is 2. The third-order valence-electron chi connectivity index (χ3n) is 12.7.